The number of aliphatic imine (C=N–C) groups is 1. The molecule has 1 aromatic rings. The van der Waals surface area contributed by atoms with E-state index in [0.717, 1.165) is 0 Å². The minimum atomic E-state index is 0.237. The van der Waals surface area contributed by atoms with E-state index in [2.05, 4.69) is 15.0 Å². The lowest BCUT2D eigenvalue weighted by molar-refractivity contribution is 0.643. The summed E-state index contributed by atoms with van der Waals surface area (Å²) in [7, 11) is 3.68. The van der Waals surface area contributed by atoms with Crippen molar-refractivity contribution in [3.63, 3.8) is 0 Å². The van der Waals surface area contributed by atoms with Gasteiger partial charge in [-0.15, -0.1) is 0 Å². The Morgan fingerprint density at radius 3 is 2.77 bits per heavy atom. The second-order valence-corrected chi connectivity index (χ2v) is 2.55. The maximum absolute atomic E-state index is 8.64. The highest BCUT2D eigenvalue weighted by molar-refractivity contribution is 5.60. The number of aromatic nitrogens is 2. The summed E-state index contributed by atoms with van der Waals surface area (Å²) in [6.07, 6.45) is 4.54. The molecule has 0 saturated carbocycles. The third kappa shape index (κ3) is 2.52. The molecule has 0 aliphatic heterocycles. The van der Waals surface area contributed by atoms with Gasteiger partial charge in [-0.3, -0.25) is 0 Å². The molecular formula is C8H9N5. The number of rotatable bonds is 2. The van der Waals surface area contributed by atoms with Crippen LogP contribution in [0.1, 0.15) is 5.69 Å². The zero-order valence-corrected chi connectivity index (χ0v) is 7.47. The first-order valence-corrected chi connectivity index (χ1v) is 3.65. The molecular weight excluding hydrogens is 166 g/mol. The highest BCUT2D eigenvalue weighted by Crippen LogP contribution is 2.09. The van der Waals surface area contributed by atoms with E-state index >= 15 is 0 Å². The molecule has 0 N–H and O–H groups in total. The minimum Gasteiger partial charge on any atom is -0.369 e. The summed E-state index contributed by atoms with van der Waals surface area (Å²) in [6, 6.07) is 1.91. The normalized spacial score (nSPS) is 9.92. The SMILES string of the molecule is CN(C)/C=N\c1nccnc1C#N. The van der Waals surface area contributed by atoms with Crippen molar-refractivity contribution in [3.05, 3.63) is 18.1 Å². The first-order chi connectivity index (χ1) is 6.24. The van der Waals surface area contributed by atoms with Crippen molar-refractivity contribution in [2.75, 3.05) is 14.1 Å². The fourth-order valence-corrected chi connectivity index (χ4v) is 0.674. The maximum Gasteiger partial charge on any atom is 0.190 e. The molecule has 1 aromatic heterocycles. The highest BCUT2D eigenvalue weighted by atomic mass is 15.1. The lowest BCUT2D eigenvalue weighted by Gasteiger charge is -2.01. The molecule has 1 heterocycles. The quantitative estimate of drug-likeness (QED) is 0.487. The fourth-order valence-electron chi connectivity index (χ4n) is 0.674. The van der Waals surface area contributed by atoms with Crippen LogP contribution in [0.2, 0.25) is 0 Å². The number of hydrogen-bond acceptors (Lipinski definition) is 4. The van der Waals surface area contributed by atoms with Crippen LogP contribution in [0.3, 0.4) is 0 Å². The van der Waals surface area contributed by atoms with Crippen LogP contribution in [-0.4, -0.2) is 35.3 Å². The van der Waals surface area contributed by atoms with E-state index in [9.17, 15) is 0 Å². The summed E-state index contributed by atoms with van der Waals surface area (Å²) in [5, 5.41) is 8.64. The predicted molar refractivity (Wildman–Crippen MR) is 48.6 cm³/mol. The first-order valence-electron chi connectivity index (χ1n) is 3.65. The molecule has 0 aliphatic rings. The van der Waals surface area contributed by atoms with Crippen molar-refractivity contribution < 1.29 is 0 Å². The topological polar surface area (TPSA) is 65.2 Å². The van der Waals surface area contributed by atoms with E-state index in [-0.39, 0.29) is 5.69 Å². The Hall–Kier alpha value is -1.96. The second-order valence-electron chi connectivity index (χ2n) is 2.55. The molecule has 66 valence electrons. The van der Waals surface area contributed by atoms with E-state index in [1.165, 1.54) is 12.4 Å². The summed E-state index contributed by atoms with van der Waals surface area (Å²) in [5.74, 6) is 0.346. The maximum atomic E-state index is 8.64. The van der Waals surface area contributed by atoms with Gasteiger partial charge in [-0.05, 0) is 0 Å². The molecule has 0 spiro atoms. The second kappa shape index (κ2) is 4.16. The van der Waals surface area contributed by atoms with Crippen molar-refractivity contribution in [2.24, 2.45) is 4.99 Å². The van der Waals surface area contributed by atoms with Crippen LogP contribution in [0.25, 0.3) is 0 Å². The number of hydrogen-bond donors (Lipinski definition) is 0. The van der Waals surface area contributed by atoms with Crippen LogP contribution in [0.15, 0.2) is 17.4 Å². The largest absolute Gasteiger partial charge is 0.369 e. The molecule has 1 rings (SSSR count). The lowest BCUT2D eigenvalue weighted by atomic mass is 10.4. The first kappa shape index (κ1) is 9.13. The Morgan fingerprint density at radius 2 is 2.15 bits per heavy atom. The van der Waals surface area contributed by atoms with Crippen LogP contribution in [0, 0.1) is 11.3 Å². The third-order valence-corrected chi connectivity index (χ3v) is 1.20. The monoisotopic (exact) mass is 175 g/mol. The van der Waals surface area contributed by atoms with E-state index < -0.39 is 0 Å². The third-order valence-electron chi connectivity index (χ3n) is 1.20. The van der Waals surface area contributed by atoms with Gasteiger partial charge in [-0.25, -0.2) is 15.0 Å². The molecule has 0 atom stereocenters. The summed E-state index contributed by atoms with van der Waals surface area (Å²) >= 11 is 0. The molecule has 0 bridgehead atoms. The lowest BCUT2D eigenvalue weighted by Crippen LogP contribution is -2.07. The van der Waals surface area contributed by atoms with Crippen LogP contribution < -0.4 is 0 Å². The Kier molecular flexibility index (Phi) is 2.92. The molecule has 0 aliphatic carbocycles. The van der Waals surface area contributed by atoms with Gasteiger partial charge >= 0.3 is 0 Å². The average molecular weight is 175 g/mol. The summed E-state index contributed by atoms with van der Waals surface area (Å²) in [5.41, 5.74) is 0.237. The Balaban J connectivity index is 2.95. The van der Waals surface area contributed by atoms with Gasteiger partial charge in [-0.2, -0.15) is 5.26 Å². The highest BCUT2D eigenvalue weighted by Gasteiger charge is 1.99. The predicted octanol–water partition coefficient (Wildman–Crippen LogP) is 0.570. The van der Waals surface area contributed by atoms with Crippen LogP contribution in [0.4, 0.5) is 5.82 Å². The van der Waals surface area contributed by atoms with Crippen molar-refractivity contribution in [3.8, 4) is 6.07 Å². The Labute approximate surface area is 76.4 Å². The van der Waals surface area contributed by atoms with Crippen molar-refractivity contribution in [2.45, 2.75) is 0 Å². The van der Waals surface area contributed by atoms with Crippen LogP contribution >= 0.6 is 0 Å². The standard InChI is InChI=1S/C8H9N5/c1-13(2)6-12-8-7(5-9)10-3-4-11-8/h3-4,6H,1-2H3/b12-6-. The molecule has 0 radical (unpaired) electrons. The van der Waals surface area contributed by atoms with E-state index in [0.29, 0.717) is 5.82 Å². The average Bonchev–Trinajstić information content (AvgIpc) is 2.15. The van der Waals surface area contributed by atoms with Gasteiger partial charge in [0, 0.05) is 26.5 Å². The molecule has 5 nitrogen and oxygen atoms in total. The van der Waals surface area contributed by atoms with Gasteiger partial charge in [0.15, 0.2) is 11.5 Å². The van der Waals surface area contributed by atoms with Gasteiger partial charge < -0.3 is 4.90 Å². The smallest absolute Gasteiger partial charge is 0.190 e. The Bertz CT molecular complexity index is 350. The summed E-state index contributed by atoms with van der Waals surface area (Å²) in [6.45, 7) is 0. The fraction of sp³-hybridized carbons (Fsp3) is 0.250. The molecule has 0 amide bonds. The molecule has 5 heteroatoms. The van der Waals surface area contributed by atoms with Gasteiger partial charge in [-0.1, -0.05) is 0 Å². The molecule has 0 fully saturated rings. The van der Waals surface area contributed by atoms with E-state index in [1.807, 2.05) is 20.2 Å². The number of nitriles is 1. The van der Waals surface area contributed by atoms with Crippen LogP contribution in [0.5, 0.6) is 0 Å². The zero-order chi connectivity index (χ0) is 9.68. The van der Waals surface area contributed by atoms with Crippen LogP contribution in [-0.2, 0) is 0 Å². The zero-order valence-electron chi connectivity index (χ0n) is 7.47. The minimum absolute atomic E-state index is 0.237. The van der Waals surface area contributed by atoms with Gasteiger partial charge in [0.25, 0.3) is 0 Å². The summed E-state index contributed by atoms with van der Waals surface area (Å²) < 4.78 is 0. The van der Waals surface area contributed by atoms with E-state index in [1.54, 1.807) is 11.2 Å². The van der Waals surface area contributed by atoms with Crippen molar-refractivity contribution in [1.29, 1.82) is 5.26 Å². The van der Waals surface area contributed by atoms with Crippen molar-refractivity contribution >= 4 is 12.2 Å². The van der Waals surface area contributed by atoms with Gasteiger partial charge in [0.2, 0.25) is 0 Å². The molecule has 0 unspecified atom stereocenters. The molecule has 0 aromatic carbocycles. The van der Waals surface area contributed by atoms with Gasteiger partial charge in [0.1, 0.15) is 6.07 Å². The van der Waals surface area contributed by atoms with Crippen molar-refractivity contribution in [1.82, 2.24) is 14.9 Å². The summed E-state index contributed by atoms with van der Waals surface area (Å²) in [4.78, 5) is 13.5. The molecule has 0 saturated heterocycles. The molecule has 13 heavy (non-hydrogen) atoms. The van der Waals surface area contributed by atoms with E-state index in [4.69, 9.17) is 5.26 Å². The van der Waals surface area contributed by atoms with Gasteiger partial charge in [0.05, 0.1) is 6.34 Å². The number of nitrogens with zero attached hydrogens (tertiary/aromatic N) is 5. The Morgan fingerprint density at radius 1 is 1.46 bits per heavy atom.